The van der Waals surface area contributed by atoms with E-state index in [0.29, 0.717) is 19.3 Å². The maximum Gasteiger partial charge on any atom is 0.119 e. The Bertz CT molecular complexity index is 443. The lowest BCUT2D eigenvalue weighted by Crippen LogP contribution is -2.50. The van der Waals surface area contributed by atoms with Crippen molar-refractivity contribution in [1.29, 1.82) is 0 Å². The van der Waals surface area contributed by atoms with Crippen molar-refractivity contribution in [2.45, 2.75) is 25.0 Å². The van der Waals surface area contributed by atoms with Crippen molar-refractivity contribution >= 4 is 0 Å². The van der Waals surface area contributed by atoms with Crippen molar-refractivity contribution in [3.8, 4) is 5.75 Å². The summed E-state index contributed by atoms with van der Waals surface area (Å²) in [5, 5.41) is 10.2. The second-order valence-corrected chi connectivity index (χ2v) is 6.51. The van der Waals surface area contributed by atoms with Gasteiger partial charge in [-0.2, -0.15) is 0 Å². The Morgan fingerprint density at radius 2 is 1.87 bits per heavy atom. The fourth-order valence-electron chi connectivity index (χ4n) is 3.29. The van der Waals surface area contributed by atoms with E-state index in [9.17, 15) is 5.11 Å². The van der Waals surface area contributed by atoms with Gasteiger partial charge in [-0.25, -0.2) is 0 Å². The first-order valence-electron chi connectivity index (χ1n) is 8.72. The highest BCUT2D eigenvalue weighted by Crippen LogP contribution is 2.14. The first-order chi connectivity index (χ1) is 11.3. The van der Waals surface area contributed by atoms with Crippen LogP contribution in [0.1, 0.15) is 12.8 Å². The summed E-state index contributed by atoms with van der Waals surface area (Å²) in [7, 11) is 0. The molecule has 1 aromatic rings. The number of aliphatic hydroxyl groups excluding tert-OH is 1. The molecule has 0 bridgehead atoms. The van der Waals surface area contributed by atoms with Gasteiger partial charge < -0.3 is 14.6 Å². The number of β-amino-alcohol motifs (C(OH)–C–C–N with tert-alkyl or cyclic N) is 1. The summed E-state index contributed by atoms with van der Waals surface area (Å²) in [5.74, 6) is 0.813. The Morgan fingerprint density at radius 3 is 2.57 bits per heavy atom. The molecule has 0 amide bonds. The average molecular weight is 320 g/mol. The maximum absolute atomic E-state index is 10.2. The Morgan fingerprint density at radius 1 is 1.13 bits per heavy atom. The van der Waals surface area contributed by atoms with E-state index < -0.39 is 6.10 Å². The third-order valence-electron chi connectivity index (χ3n) is 4.61. The van der Waals surface area contributed by atoms with Crippen molar-refractivity contribution in [1.82, 2.24) is 9.80 Å². The normalized spacial score (nSPS) is 24.7. The molecule has 0 aromatic heterocycles. The van der Waals surface area contributed by atoms with E-state index in [4.69, 9.17) is 9.47 Å². The van der Waals surface area contributed by atoms with Crippen molar-refractivity contribution in [2.75, 3.05) is 52.5 Å². The molecule has 0 spiro atoms. The van der Waals surface area contributed by atoms with Gasteiger partial charge in [0.2, 0.25) is 0 Å². The number of para-hydroxylation sites is 1. The van der Waals surface area contributed by atoms with Crippen LogP contribution in [0.3, 0.4) is 0 Å². The van der Waals surface area contributed by atoms with Gasteiger partial charge in [0.05, 0.1) is 6.10 Å². The average Bonchev–Trinajstić information content (AvgIpc) is 3.09. The minimum absolute atomic E-state index is 0.347. The second kappa shape index (κ2) is 8.64. The van der Waals surface area contributed by atoms with Gasteiger partial charge in [0.1, 0.15) is 18.5 Å². The van der Waals surface area contributed by atoms with Crippen LogP contribution in [-0.2, 0) is 4.74 Å². The number of aliphatic hydroxyl groups is 1. The number of hydrogen-bond acceptors (Lipinski definition) is 5. The molecule has 2 aliphatic heterocycles. The number of benzene rings is 1. The highest BCUT2D eigenvalue weighted by molar-refractivity contribution is 5.20. The zero-order valence-electron chi connectivity index (χ0n) is 13.8. The minimum Gasteiger partial charge on any atom is -0.491 e. The molecule has 2 unspecified atom stereocenters. The van der Waals surface area contributed by atoms with E-state index in [1.54, 1.807) is 0 Å². The number of hydrogen-bond donors (Lipinski definition) is 1. The van der Waals surface area contributed by atoms with E-state index in [2.05, 4.69) is 9.80 Å². The minimum atomic E-state index is -0.445. The molecule has 3 rings (SSSR count). The molecule has 1 N–H and O–H groups in total. The summed E-state index contributed by atoms with van der Waals surface area (Å²) in [6, 6.07) is 9.66. The molecule has 128 valence electrons. The lowest BCUT2D eigenvalue weighted by Gasteiger charge is -2.36. The summed E-state index contributed by atoms with van der Waals surface area (Å²) in [4.78, 5) is 4.81. The molecular formula is C18H28N2O3. The quantitative estimate of drug-likeness (QED) is 0.818. The van der Waals surface area contributed by atoms with Gasteiger partial charge in [-0.3, -0.25) is 9.80 Å². The molecule has 1 aromatic carbocycles. The monoisotopic (exact) mass is 320 g/mol. The van der Waals surface area contributed by atoms with Gasteiger partial charge in [0.25, 0.3) is 0 Å². The fraction of sp³-hybridized carbons (Fsp3) is 0.667. The lowest BCUT2D eigenvalue weighted by molar-refractivity contribution is 0.0263. The SMILES string of the molecule is OC(COc1ccccc1)CN1CCN(CC2CCCO2)CC1. The van der Waals surface area contributed by atoms with Crippen LogP contribution in [0, 0.1) is 0 Å². The van der Waals surface area contributed by atoms with Crippen LogP contribution < -0.4 is 4.74 Å². The molecule has 2 fully saturated rings. The zero-order chi connectivity index (χ0) is 15.9. The maximum atomic E-state index is 10.2. The Hall–Kier alpha value is -1.14. The van der Waals surface area contributed by atoms with Crippen LogP contribution in [0.25, 0.3) is 0 Å². The molecule has 0 aliphatic carbocycles. The van der Waals surface area contributed by atoms with Crippen LogP contribution in [-0.4, -0.2) is 79.6 Å². The summed E-state index contributed by atoms with van der Waals surface area (Å²) >= 11 is 0. The van der Waals surface area contributed by atoms with Gasteiger partial charge in [-0.1, -0.05) is 18.2 Å². The Balaban J connectivity index is 1.31. The zero-order valence-corrected chi connectivity index (χ0v) is 13.8. The molecule has 2 atom stereocenters. The predicted molar refractivity (Wildman–Crippen MR) is 89.8 cm³/mol. The van der Waals surface area contributed by atoms with Gasteiger partial charge in [-0.05, 0) is 25.0 Å². The third-order valence-corrected chi connectivity index (χ3v) is 4.61. The summed E-state index contributed by atoms with van der Waals surface area (Å²) in [5.41, 5.74) is 0. The first kappa shape index (κ1) is 16.7. The van der Waals surface area contributed by atoms with Crippen LogP contribution in [0.5, 0.6) is 5.75 Å². The van der Waals surface area contributed by atoms with Gasteiger partial charge >= 0.3 is 0 Å². The molecular weight excluding hydrogens is 292 g/mol. The predicted octanol–water partition coefficient (Wildman–Crippen LogP) is 1.22. The van der Waals surface area contributed by atoms with Crippen molar-refractivity contribution in [3.05, 3.63) is 30.3 Å². The molecule has 0 radical (unpaired) electrons. The number of rotatable bonds is 7. The molecule has 23 heavy (non-hydrogen) atoms. The first-order valence-corrected chi connectivity index (χ1v) is 8.72. The molecule has 2 saturated heterocycles. The van der Waals surface area contributed by atoms with Crippen molar-refractivity contribution < 1.29 is 14.6 Å². The highest BCUT2D eigenvalue weighted by atomic mass is 16.5. The van der Waals surface area contributed by atoms with Gasteiger partial charge in [0.15, 0.2) is 0 Å². The van der Waals surface area contributed by atoms with Crippen molar-refractivity contribution in [2.24, 2.45) is 0 Å². The molecule has 5 nitrogen and oxygen atoms in total. The summed E-state index contributed by atoms with van der Waals surface area (Å²) in [6.45, 7) is 7.16. The van der Waals surface area contributed by atoms with Crippen LogP contribution in [0.2, 0.25) is 0 Å². The summed E-state index contributed by atoms with van der Waals surface area (Å²) < 4.78 is 11.3. The Labute approximate surface area is 138 Å². The van der Waals surface area contributed by atoms with Crippen molar-refractivity contribution in [3.63, 3.8) is 0 Å². The van der Waals surface area contributed by atoms with E-state index in [0.717, 1.165) is 45.1 Å². The van der Waals surface area contributed by atoms with Crippen LogP contribution in [0.4, 0.5) is 0 Å². The standard InChI is InChI=1S/C18H28N2O3/c21-16(15-23-17-5-2-1-3-6-17)13-19-8-10-20(11-9-19)14-18-7-4-12-22-18/h1-3,5-6,16,18,21H,4,7-15H2. The molecule has 5 heteroatoms. The largest absolute Gasteiger partial charge is 0.491 e. The van der Waals surface area contributed by atoms with Gasteiger partial charge in [-0.15, -0.1) is 0 Å². The Kier molecular flexibility index (Phi) is 6.28. The van der Waals surface area contributed by atoms with E-state index >= 15 is 0 Å². The van der Waals surface area contributed by atoms with Gasteiger partial charge in [0, 0.05) is 45.9 Å². The molecule has 2 aliphatic rings. The van der Waals surface area contributed by atoms with E-state index in [1.165, 1.54) is 12.8 Å². The smallest absolute Gasteiger partial charge is 0.119 e. The van der Waals surface area contributed by atoms with Crippen LogP contribution in [0.15, 0.2) is 30.3 Å². The number of ether oxygens (including phenoxy) is 2. The summed E-state index contributed by atoms with van der Waals surface area (Å²) in [6.07, 6.45) is 2.40. The topological polar surface area (TPSA) is 45.2 Å². The molecule has 0 saturated carbocycles. The second-order valence-electron chi connectivity index (χ2n) is 6.51. The molecule has 2 heterocycles. The fourth-order valence-corrected chi connectivity index (χ4v) is 3.29. The highest BCUT2D eigenvalue weighted by Gasteiger charge is 2.23. The number of piperazine rings is 1. The van der Waals surface area contributed by atoms with E-state index in [1.807, 2.05) is 30.3 Å². The van der Waals surface area contributed by atoms with Crippen LogP contribution >= 0.6 is 0 Å². The van der Waals surface area contributed by atoms with E-state index in [-0.39, 0.29) is 0 Å². The number of nitrogens with zero attached hydrogens (tertiary/aromatic N) is 2. The third kappa shape index (κ3) is 5.46. The lowest BCUT2D eigenvalue weighted by atomic mass is 10.2.